The highest BCUT2D eigenvalue weighted by Crippen LogP contribution is 2.27. The lowest BCUT2D eigenvalue weighted by atomic mass is 10.1. The Labute approximate surface area is 155 Å². The monoisotopic (exact) mass is 366 g/mol. The largest absolute Gasteiger partial charge is 0.485 e. The fourth-order valence-electron chi connectivity index (χ4n) is 3.03. The highest BCUT2D eigenvalue weighted by molar-refractivity contribution is 8.15. The van der Waals surface area contributed by atoms with Crippen LogP contribution in [0.5, 0.6) is 5.75 Å². The molecule has 1 fully saturated rings. The number of hydrogen-bond acceptors (Lipinski definition) is 4. The number of aromatic amines is 1. The van der Waals surface area contributed by atoms with Crippen LogP contribution < -0.4 is 10.1 Å². The van der Waals surface area contributed by atoms with E-state index < -0.39 is 0 Å². The van der Waals surface area contributed by atoms with Crippen molar-refractivity contribution < 1.29 is 14.3 Å². The van der Waals surface area contributed by atoms with E-state index in [2.05, 4.69) is 22.4 Å². The second-order valence-electron chi connectivity index (χ2n) is 6.30. The van der Waals surface area contributed by atoms with E-state index in [9.17, 15) is 9.59 Å². The summed E-state index contributed by atoms with van der Waals surface area (Å²) in [5, 5.41) is 2.85. The first-order valence-corrected chi connectivity index (χ1v) is 9.31. The number of fused-ring (bicyclic) bond motifs is 1. The predicted octanol–water partition coefficient (Wildman–Crippen LogP) is 4.20. The number of aromatic nitrogens is 1. The number of H-pyrrole nitrogens is 1. The van der Waals surface area contributed by atoms with Gasteiger partial charge in [-0.1, -0.05) is 42.1 Å². The average Bonchev–Trinajstić information content (AvgIpc) is 3.19. The molecule has 4 rings (SSSR count). The van der Waals surface area contributed by atoms with Crippen LogP contribution >= 0.6 is 11.8 Å². The van der Waals surface area contributed by atoms with E-state index in [1.54, 1.807) is 0 Å². The third kappa shape index (κ3) is 3.46. The van der Waals surface area contributed by atoms with E-state index in [1.807, 2.05) is 49.4 Å². The maximum absolute atomic E-state index is 11.7. The molecule has 2 amide bonds. The summed E-state index contributed by atoms with van der Waals surface area (Å²) in [6.07, 6.45) is 0.419. The summed E-state index contributed by atoms with van der Waals surface area (Å²) in [4.78, 5) is 26.3. The number of rotatable bonds is 5. The minimum absolute atomic E-state index is 0.109. The summed E-state index contributed by atoms with van der Waals surface area (Å²) in [5.41, 5.74) is 3.11. The van der Waals surface area contributed by atoms with Crippen LogP contribution in [0.15, 0.2) is 54.6 Å². The Morgan fingerprint density at radius 1 is 1.12 bits per heavy atom. The number of imide groups is 1. The van der Waals surface area contributed by atoms with Gasteiger partial charge < -0.3 is 9.72 Å². The average molecular weight is 366 g/mol. The zero-order valence-corrected chi connectivity index (χ0v) is 15.0. The molecule has 0 radical (unpaired) electrons. The molecule has 3 aromatic rings. The molecule has 2 N–H and O–H groups in total. The summed E-state index contributed by atoms with van der Waals surface area (Å²) in [6.45, 7) is 2.00. The highest BCUT2D eigenvalue weighted by Gasteiger charge is 2.31. The lowest BCUT2D eigenvalue weighted by Crippen LogP contribution is -2.25. The van der Waals surface area contributed by atoms with Crippen LogP contribution in [0.25, 0.3) is 10.9 Å². The van der Waals surface area contributed by atoms with E-state index in [4.69, 9.17) is 4.74 Å². The molecule has 26 heavy (non-hydrogen) atoms. The van der Waals surface area contributed by atoms with Crippen molar-refractivity contribution in [3.63, 3.8) is 0 Å². The molecule has 2 atom stereocenters. The maximum Gasteiger partial charge on any atom is 0.286 e. The first-order valence-electron chi connectivity index (χ1n) is 8.43. The topological polar surface area (TPSA) is 71.2 Å². The van der Waals surface area contributed by atoms with E-state index in [1.165, 1.54) is 0 Å². The van der Waals surface area contributed by atoms with Gasteiger partial charge in [-0.25, -0.2) is 0 Å². The summed E-state index contributed by atoms with van der Waals surface area (Å²) < 4.78 is 6.02. The maximum atomic E-state index is 11.7. The SMILES string of the molecule is CC(Oc1ccc(CC2SC(=O)NC2=O)cc1)c1cc2ccccc2[nH]1. The minimum atomic E-state index is -0.348. The fraction of sp³-hybridized carbons (Fsp3) is 0.200. The molecule has 1 saturated heterocycles. The van der Waals surface area contributed by atoms with Gasteiger partial charge >= 0.3 is 0 Å². The van der Waals surface area contributed by atoms with Crippen molar-refractivity contribution >= 4 is 33.8 Å². The van der Waals surface area contributed by atoms with Crippen LogP contribution in [0.2, 0.25) is 0 Å². The number of ether oxygens (including phenoxy) is 1. The molecule has 2 unspecified atom stereocenters. The third-order valence-electron chi connectivity index (χ3n) is 4.41. The Bertz CT molecular complexity index is 932. The van der Waals surface area contributed by atoms with Crippen molar-refractivity contribution in [3.8, 4) is 5.75 Å². The van der Waals surface area contributed by atoms with E-state index in [-0.39, 0.29) is 22.5 Å². The first-order chi connectivity index (χ1) is 12.6. The van der Waals surface area contributed by atoms with Crippen LogP contribution in [0, 0.1) is 0 Å². The molecule has 0 aliphatic carbocycles. The Morgan fingerprint density at radius 2 is 1.88 bits per heavy atom. The molecule has 5 nitrogen and oxygen atoms in total. The van der Waals surface area contributed by atoms with Gasteiger partial charge in [0.25, 0.3) is 5.24 Å². The van der Waals surface area contributed by atoms with Gasteiger partial charge in [-0.05, 0) is 48.6 Å². The van der Waals surface area contributed by atoms with Gasteiger partial charge in [0.05, 0.1) is 10.9 Å². The van der Waals surface area contributed by atoms with Crippen LogP contribution in [-0.2, 0) is 11.2 Å². The van der Waals surface area contributed by atoms with Crippen molar-refractivity contribution in [2.45, 2.75) is 24.7 Å². The van der Waals surface area contributed by atoms with Gasteiger partial charge in [0.1, 0.15) is 11.9 Å². The number of carbonyl (C=O) groups excluding carboxylic acids is 2. The zero-order chi connectivity index (χ0) is 18.1. The molecule has 0 bridgehead atoms. The number of amides is 2. The Morgan fingerprint density at radius 3 is 2.58 bits per heavy atom. The summed E-state index contributed by atoms with van der Waals surface area (Å²) in [6, 6.07) is 17.9. The zero-order valence-electron chi connectivity index (χ0n) is 14.2. The van der Waals surface area contributed by atoms with Gasteiger partial charge in [-0.15, -0.1) is 0 Å². The lowest BCUT2D eigenvalue weighted by Gasteiger charge is -2.14. The number of nitrogens with one attached hydrogen (secondary N) is 2. The number of carbonyl (C=O) groups is 2. The van der Waals surface area contributed by atoms with Crippen molar-refractivity contribution in [1.82, 2.24) is 10.3 Å². The molecule has 1 aromatic heterocycles. The molecule has 6 heteroatoms. The molecule has 1 aliphatic rings. The van der Waals surface area contributed by atoms with Crippen LogP contribution in [-0.4, -0.2) is 21.4 Å². The van der Waals surface area contributed by atoms with E-state index >= 15 is 0 Å². The number of hydrogen-bond donors (Lipinski definition) is 2. The molecule has 2 heterocycles. The summed E-state index contributed by atoms with van der Waals surface area (Å²) in [5.74, 6) is 0.548. The molecule has 1 aliphatic heterocycles. The molecule has 132 valence electrons. The minimum Gasteiger partial charge on any atom is -0.485 e. The number of thioether (sulfide) groups is 1. The fourth-order valence-corrected chi connectivity index (χ4v) is 3.89. The first kappa shape index (κ1) is 16.7. The summed E-state index contributed by atoms with van der Waals surface area (Å²) in [7, 11) is 0. The van der Waals surface area contributed by atoms with Crippen LogP contribution in [0.3, 0.4) is 0 Å². The van der Waals surface area contributed by atoms with E-state index in [0.717, 1.165) is 39.7 Å². The van der Waals surface area contributed by atoms with Crippen molar-refractivity contribution in [2.75, 3.05) is 0 Å². The van der Waals surface area contributed by atoms with Crippen molar-refractivity contribution in [3.05, 3.63) is 65.9 Å². The van der Waals surface area contributed by atoms with Gasteiger partial charge in [-0.2, -0.15) is 0 Å². The predicted molar refractivity (Wildman–Crippen MR) is 102 cm³/mol. The standard InChI is InChI=1S/C20H18N2O3S/c1-12(17-11-14-4-2-3-5-16(14)21-17)25-15-8-6-13(7-9-15)10-18-19(23)22-20(24)26-18/h2-9,11-12,18,21H,10H2,1H3,(H,22,23,24). The third-order valence-corrected chi connectivity index (χ3v) is 5.39. The quantitative estimate of drug-likeness (QED) is 0.710. The summed E-state index contributed by atoms with van der Waals surface area (Å²) >= 11 is 1.05. The smallest absolute Gasteiger partial charge is 0.286 e. The molecule has 0 spiro atoms. The Balaban J connectivity index is 1.42. The molecule has 0 saturated carbocycles. The van der Waals surface area contributed by atoms with Crippen LogP contribution in [0.1, 0.15) is 24.3 Å². The van der Waals surface area contributed by atoms with Gasteiger partial charge in [0.15, 0.2) is 0 Å². The van der Waals surface area contributed by atoms with Gasteiger partial charge in [0.2, 0.25) is 5.91 Å². The van der Waals surface area contributed by atoms with Crippen molar-refractivity contribution in [2.24, 2.45) is 0 Å². The second-order valence-corrected chi connectivity index (χ2v) is 7.48. The second kappa shape index (κ2) is 6.88. The molecular formula is C20H18N2O3S. The van der Waals surface area contributed by atoms with Crippen molar-refractivity contribution in [1.29, 1.82) is 0 Å². The Hall–Kier alpha value is -2.73. The van der Waals surface area contributed by atoms with E-state index in [0.29, 0.717) is 6.42 Å². The molecule has 2 aromatic carbocycles. The van der Waals surface area contributed by atoms with Gasteiger partial charge in [-0.3, -0.25) is 14.9 Å². The van der Waals surface area contributed by atoms with Crippen LogP contribution in [0.4, 0.5) is 4.79 Å². The Kier molecular flexibility index (Phi) is 4.42. The lowest BCUT2D eigenvalue weighted by molar-refractivity contribution is -0.118. The molecular weight excluding hydrogens is 348 g/mol. The highest BCUT2D eigenvalue weighted by atomic mass is 32.2. The normalized spacial score (nSPS) is 18.1. The number of para-hydroxylation sites is 1. The number of benzene rings is 2. The van der Waals surface area contributed by atoms with Gasteiger partial charge in [0, 0.05) is 5.52 Å².